The summed E-state index contributed by atoms with van der Waals surface area (Å²) in [5, 5.41) is 12.1. The molecule has 4 heteroatoms. The Labute approximate surface area is 127 Å². The quantitative estimate of drug-likeness (QED) is 0.792. The van der Waals surface area contributed by atoms with Crippen molar-refractivity contribution in [3.63, 3.8) is 0 Å². The van der Waals surface area contributed by atoms with E-state index in [4.69, 9.17) is 34.8 Å². The lowest BCUT2D eigenvalue weighted by Crippen LogP contribution is -2.04. The van der Waals surface area contributed by atoms with Crippen LogP contribution in [-0.2, 0) is 0 Å². The topological polar surface area (TPSA) is 20.2 Å². The number of rotatable bonds is 2. The Balaban J connectivity index is 2.56. The molecule has 0 saturated carbocycles. The molecule has 2 aromatic rings. The van der Waals surface area contributed by atoms with Crippen molar-refractivity contribution >= 4 is 34.8 Å². The molecule has 0 aromatic heterocycles. The van der Waals surface area contributed by atoms with Crippen molar-refractivity contribution < 1.29 is 5.11 Å². The van der Waals surface area contributed by atoms with E-state index in [1.165, 1.54) is 0 Å². The molecular weight excluding hydrogens is 303 g/mol. The van der Waals surface area contributed by atoms with Crippen molar-refractivity contribution in [2.75, 3.05) is 0 Å². The molecule has 0 spiro atoms. The van der Waals surface area contributed by atoms with Crippen LogP contribution in [0.25, 0.3) is 0 Å². The molecule has 0 bridgehead atoms. The van der Waals surface area contributed by atoms with Crippen molar-refractivity contribution in [2.24, 2.45) is 0 Å². The van der Waals surface area contributed by atoms with Gasteiger partial charge in [-0.15, -0.1) is 0 Å². The molecule has 0 aliphatic rings. The Morgan fingerprint density at radius 3 is 2.05 bits per heavy atom. The van der Waals surface area contributed by atoms with Crippen LogP contribution in [0.15, 0.2) is 30.3 Å². The maximum absolute atomic E-state index is 10.5. The van der Waals surface area contributed by atoms with Crippen molar-refractivity contribution in [3.8, 4) is 0 Å². The first-order valence-corrected chi connectivity index (χ1v) is 6.94. The lowest BCUT2D eigenvalue weighted by Gasteiger charge is -2.18. The molecule has 1 N–H and O–H groups in total. The number of hydrogen-bond acceptors (Lipinski definition) is 1. The zero-order valence-corrected chi connectivity index (χ0v) is 12.8. The predicted molar refractivity (Wildman–Crippen MR) is 81.4 cm³/mol. The summed E-state index contributed by atoms with van der Waals surface area (Å²) in [6, 6.07) is 8.87. The highest BCUT2D eigenvalue weighted by Crippen LogP contribution is 2.36. The van der Waals surface area contributed by atoms with Gasteiger partial charge in [0.1, 0.15) is 6.10 Å². The number of benzene rings is 2. The van der Waals surface area contributed by atoms with Crippen LogP contribution < -0.4 is 0 Å². The summed E-state index contributed by atoms with van der Waals surface area (Å²) < 4.78 is 0. The molecule has 2 rings (SSSR count). The molecule has 0 radical (unpaired) electrons. The number of halogens is 3. The lowest BCUT2D eigenvalue weighted by molar-refractivity contribution is 0.219. The van der Waals surface area contributed by atoms with Crippen molar-refractivity contribution in [1.82, 2.24) is 0 Å². The molecule has 0 heterocycles. The molecule has 0 aliphatic heterocycles. The van der Waals surface area contributed by atoms with E-state index in [0.717, 1.165) is 16.7 Å². The smallest absolute Gasteiger partial charge is 0.107 e. The maximum Gasteiger partial charge on any atom is 0.107 e. The molecule has 100 valence electrons. The molecule has 1 unspecified atom stereocenters. The third kappa shape index (κ3) is 2.90. The van der Waals surface area contributed by atoms with Gasteiger partial charge in [0.2, 0.25) is 0 Å². The van der Waals surface area contributed by atoms with Gasteiger partial charge in [-0.1, -0.05) is 46.9 Å². The van der Waals surface area contributed by atoms with Crippen LogP contribution in [0.3, 0.4) is 0 Å². The van der Waals surface area contributed by atoms with Crippen LogP contribution in [0.1, 0.15) is 28.4 Å². The standard InChI is InChI=1S/C15H13Cl3O/c1-8-7-13(18)9(2)6-10(8)15(19)14-11(16)4-3-5-12(14)17/h3-7,15,19H,1-2H3. The molecule has 0 amide bonds. The highest BCUT2D eigenvalue weighted by atomic mass is 35.5. The summed E-state index contributed by atoms with van der Waals surface area (Å²) in [5.41, 5.74) is 3.09. The lowest BCUT2D eigenvalue weighted by atomic mass is 9.95. The van der Waals surface area contributed by atoms with E-state index in [1.807, 2.05) is 26.0 Å². The minimum absolute atomic E-state index is 0.451. The normalized spacial score (nSPS) is 12.5. The average molecular weight is 316 g/mol. The minimum atomic E-state index is -0.864. The summed E-state index contributed by atoms with van der Waals surface area (Å²) in [7, 11) is 0. The van der Waals surface area contributed by atoms with Gasteiger partial charge >= 0.3 is 0 Å². The molecule has 2 aromatic carbocycles. The Morgan fingerprint density at radius 2 is 1.47 bits per heavy atom. The minimum Gasteiger partial charge on any atom is -0.384 e. The van der Waals surface area contributed by atoms with E-state index in [-0.39, 0.29) is 0 Å². The second kappa shape index (κ2) is 5.72. The third-order valence-corrected chi connectivity index (χ3v) is 4.18. The first-order chi connectivity index (χ1) is 8.91. The predicted octanol–water partition coefficient (Wildman–Crippen LogP) is 5.35. The fourth-order valence-corrected chi connectivity index (χ4v) is 2.85. The highest BCUT2D eigenvalue weighted by Gasteiger charge is 2.19. The van der Waals surface area contributed by atoms with E-state index < -0.39 is 6.10 Å². The van der Waals surface area contributed by atoms with Gasteiger partial charge in [0.05, 0.1) is 0 Å². The zero-order chi connectivity index (χ0) is 14.2. The Morgan fingerprint density at radius 1 is 0.895 bits per heavy atom. The van der Waals surface area contributed by atoms with E-state index in [0.29, 0.717) is 20.6 Å². The molecule has 0 saturated heterocycles. The molecule has 19 heavy (non-hydrogen) atoms. The number of aryl methyl sites for hydroxylation is 2. The molecule has 1 nitrogen and oxygen atoms in total. The third-order valence-electron chi connectivity index (χ3n) is 3.12. The van der Waals surface area contributed by atoms with Crippen LogP contribution in [0.5, 0.6) is 0 Å². The van der Waals surface area contributed by atoms with E-state index in [1.54, 1.807) is 18.2 Å². The van der Waals surface area contributed by atoms with Gasteiger partial charge in [-0.3, -0.25) is 0 Å². The summed E-state index contributed by atoms with van der Waals surface area (Å²) in [5.74, 6) is 0. The van der Waals surface area contributed by atoms with Gasteiger partial charge < -0.3 is 5.11 Å². The summed E-state index contributed by atoms with van der Waals surface area (Å²) in [6.07, 6.45) is -0.864. The van der Waals surface area contributed by atoms with Gasteiger partial charge in [0, 0.05) is 20.6 Å². The van der Waals surface area contributed by atoms with Gasteiger partial charge in [-0.05, 0) is 48.7 Å². The Kier molecular flexibility index (Phi) is 4.42. The fraction of sp³-hybridized carbons (Fsp3) is 0.200. The number of aliphatic hydroxyl groups is 1. The fourth-order valence-electron chi connectivity index (χ4n) is 2.03. The van der Waals surface area contributed by atoms with Crippen LogP contribution in [0, 0.1) is 13.8 Å². The van der Waals surface area contributed by atoms with Crippen LogP contribution in [0.4, 0.5) is 0 Å². The van der Waals surface area contributed by atoms with E-state index in [9.17, 15) is 5.11 Å². The Bertz CT molecular complexity index is 603. The first-order valence-electron chi connectivity index (χ1n) is 5.80. The molecular formula is C15H13Cl3O. The first kappa shape index (κ1) is 14.7. The SMILES string of the molecule is Cc1cc(C(O)c2c(Cl)cccc2Cl)c(C)cc1Cl. The van der Waals surface area contributed by atoms with E-state index >= 15 is 0 Å². The summed E-state index contributed by atoms with van der Waals surface area (Å²) in [6.45, 7) is 3.79. The van der Waals surface area contributed by atoms with Crippen LogP contribution >= 0.6 is 34.8 Å². The van der Waals surface area contributed by atoms with Crippen molar-refractivity contribution in [2.45, 2.75) is 20.0 Å². The van der Waals surface area contributed by atoms with Gasteiger partial charge in [-0.25, -0.2) is 0 Å². The van der Waals surface area contributed by atoms with Crippen molar-refractivity contribution in [3.05, 3.63) is 67.7 Å². The largest absolute Gasteiger partial charge is 0.384 e. The highest BCUT2D eigenvalue weighted by molar-refractivity contribution is 6.36. The van der Waals surface area contributed by atoms with E-state index in [2.05, 4.69) is 0 Å². The molecule has 1 atom stereocenters. The number of hydrogen-bond donors (Lipinski definition) is 1. The van der Waals surface area contributed by atoms with Gasteiger partial charge in [0.15, 0.2) is 0 Å². The van der Waals surface area contributed by atoms with Crippen LogP contribution in [0.2, 0.25) is 15.1 Å². The van der Waals surface area contributed by atoms with Gasteiger partial charge in [-0.2, -0.15) is 0 Å². The van der Waals surface area contributed by atoms with Crippen molar-refractivity contribution in [1.29, 1.82) is 0 Å². The molecule has 0 fully saturated rings. The second-order valence-corrected chi connectivity index (χ2v) is 5.72. The monoisotopic (exact) mass is 314 g/mol. The number of aliphatic hydroxyl groups excluding tert-OH is 1. The molecule has 0 aliphatic carbocycles. The summed E-state index contributed by atoms with van der Waals surface area (Å²) in [4.78, 5) is 0. The van der Waals surface area contributed by atoms with Crippen LogP contribution in [-0.4, -0.2) is 5.11 Å². The van der Waals surface area contributed by atoms with Gasteiger partial charge in [0.25, 0.3) is 0 Å². The second-order valence-electron chi connectivity index (χ2n) is 4.50. The summed E-state index contributed by atoms with van der Waals surface area (Å²) >= 11 is 18.3. The average Bonchev–Trinajstić information content (AvgIpc) is 2.33. The maximum atomic E-state index is 10.5. The zero-order valence-electron chi connectivity index (χ0n) is 10.5. The Hall–Kier alpha value is -0.730.